The Kier molecular flexibility index (Phi) is 14.2. The molecule has 0 radical (unpaired) electrons. The monoisotopic (exact) mass is 598 g/mol. The van der Waals surface area contributed by atoms with Gasteiger partial charge in [0.1, 0.15) is 34.5 Å². The summed E-state index contributed by atoms with van der Waals surface area (Å²) in [5.41, 5.74) is 4.01. The Bertz CT molecular complexity index is 1300. The second kappa shape index (κ2) is 18.6. The second-order valence-corrected chi connectivity index (χ2v) is 9.64. The molecule has 0 saturated carbocycles. The van der Waals surface area contributed by atoms with Gasteiger partial charge in [-0.2, -0.15) is 0 Å². The summed E-state index contributed by atoms with van der Waals surface area (Å²) in [5.74, 6) is 3.55. The van der Waals surface area contributed by atoms with Crippen molar-refractivity contribution in [1.29, 1.82) is 0 Å². The van der Waals surface area contributed by atoms with Crippen molar-refractivity contribution in [3.05, 3.63) is 107 Å². The van der Waals surface area contributed by atoms with Crippen molar-refractivity contribution in [3.8, 4) is 34.5 Å². The number of nitrogens with one attached hydrogen (secondary N) is 2. The topological polar surface area (TPSA) is 101 Å². The largest absolute Gasteiger partial charge is 0.508 e. The van der Waals surface area contributed by atoms with Crippen LogP contribution >= 0.6 is 0 Å². The van der Waals surface area contributed by atoms with E-state index in [1.54, 1.807) is 52.7 Å². The number of hydrogen-bond acceptors (Lipinski definition) is 8. The lowest BCUT2D eigenvalue weighted by Crippen LogP contribution is -2.39. The number of aromatic hydroxyl groups is 2. The lowest BCUT2D eigenvalue weighted by atomic mass is 10.1. The van der Waals surface area contributed by atoms with E-state index in [-0.39, 0.29) is 11.5 Å². The van der Waals surface area contributed by atoms with E-state index in [2.05, 4.69) is 10.6 Å². The zero-order chi connectivity index (χ0) is 31.6. The predicted molar refractivity (Wildman–Crippen MR) is 179 cm³/mol. The van der Waals surface area contributed by atoms with Gasteiger partial charge in [0.05, 0.1) is 28.4 Å². The standard InChI is InChI=1S/2C16H16O3.C4H10N2/c2*1-18-15-9-13(10-16(11-15)19-2)4-3-12-5-7-14(17)8-6-12;1-2-6-4-3-5-1/h2*3-11,17H,1-2H3;5-6H,1-4H2/b2*4-3+;. The molecule has 1 heterocycles. The fourth-order valence-electron chi connectivity index (χ4n) is 4.01. The first-order chi connectivity index (χ1) is 21.4. The number of benzene rings is 4. The summed E-state index contributed by atoms with van der Waals surface area (Å²) >= 11 is 0. The van der Waals surface area contributed by atoms with Gasteiger partial charge in [-0.1, -0.05) is 48.6 Å². The highest BCUT2D eigenvalue weighted by Crippen LogP contribution is 2.25. The van der Waals surface area contributed by atoms with Crippen LogP contribution in [0.3, 0.4) is 0 Å². The Labute approximate surface area is 260 Å². The van der Waals surface area contributed by atoms with Crippen molar-refractivity contribution >= 4 is 24.3 Å². The average molecular weight is 599 g/mol. The van der Waals surface area contributed by atoms with Gasteiger partial charge in [-0.25, -0.2) is 0 Å². The molecule has 0 bridgehead atoms. The Hall–Kier alpha value is -4.92. The van der Waals surface area contributed by atoms with Crippen LogP contribution in [-0.2, 0) is 0 Å². The molecule has 0 spiro atoms. The maximum absolute atomic E-state index is 9.22. The van der Waals surface area contributed by atoms with Crippen LogP contribution in [0.5, 0.6) is 34.5 Å². The summed E-state index contributed by atoms with van der Waals surface area (Å²) in [6, 6.07) is 25.4. The Morgan fingerprint density at radius 1 is 0.432 bits per heavy atom. The van der Waals surface area contributed by atoms with Gasteiger partial charge < -0.3 is 39.8 Å². The molecule has 0 atom stereocenters. The molecule has 232 valence electrons. The number of methoxy groups -OCH3 is 4. The molecule has 4 N–H and O–H groups in total. The van der Waals surface area contributed by atoms with Crippen LogP contribution in [-0.4, -0.2) is 64.8 Å². The van der Waals surface area contributed by atoms with Gasteiger partial charge in [-0.3, -0.25) is 0 Å². The van der Waals surface area contributed by atoms with Crippen LogP contribution in [0.1, 0.15) is 22.3 Å². The maximum atomic E-state index is 9.22. The molecule has 1 aliphatic heterocycles. The minimum Gasteiger partial charge on any atom is -0.508 e. The number of ether oxygens (including phenoxy) is 4. The molecule has 44 heavy (non-hydrogen) atoms. The van der Waals surface area contributed by atoms with Crippen LogP contribution in [0.15, 0.2) is 84.9 Å². The fraction of sp³-hybridized carbons (Fsp3) is 0.222. The van der Waals surface area contributed by atoms with E-state index in [0.717, 1.165) is 71.4 Å². The molecule has 5 rings (SSSR count). The van der Waals surface area contributed by atoms with Crippen molar-refractivity contribution in [2.24, 2.45) is 0 Å². The summed E-state index contributed by atoms with van der Waals surface area (Å²) in [7, 11) is 6.51. The van der Waals surface area contributed by atoms with Crippen molar-refractivity contribution < 1.29 is 29.2 Å². The highest BCUT2D eigenvalue weighted by atomic mass is 16.5. The number of hydrogen-bond donors (Lipinski definition) is 4. The molecule has 0 aromatic heterocycles. The summed E-state index contributed by atoms with van der Waals surface area (Å²) in [4.78, 5) is 0. The van der Waals surface area contributed by atoms with Crippen LogP contribution in [0.2, 0.25) is 0 Å². The van der Waals surface area contributed by atoms with Crippen molar-refractivity contribution in [2.45, 2.75) is 0 Å². The molecule has 0 amide bonds. The first kappa shape index (κ1) is 33.6. The quantitative estimate of drug-likeness (QED) is 0.174. The first-order valence-electron chi connectivity index (χ1n) is 14.2. The van der Waals surface area contributed by atoms with Crippen LogP contribution in [0, 0.1) is 0 Å². The Balaban J connectivity index is 0.000000202. The molecule has 4 aromatic rings. The van der Waals surface area contributed by atoms with Gasteiger partial charge in [-0.15, -0.1) is 0 Å². The SMILES string of the molecule is C1CNCCN1.COc1cc(/C=C/c2ccc(O)cc2)cc(OC)c1.COc1cc(/C=C/c2ccc(O)cc2)cc(OC)c1. The fourth-order valence-corrected chi connectivity index (χ4v) is 4.01. The third-order valence-corrected chi connectivity index (χ3v) is 6.43. The molecule has 8 heteroatoms. The summed E-state index contributed by atoms with van der Waals surface area (Å²) in [6.45, 7) is 4.56. The molecule has 8 nitrogen and oxygen atoms in total. The molecule has 0 unspecified atom stereocenters. The number of rotatable bonds is 8. The van der Waals surface area contributed by atoms with Gasteiger partial charge in [0.15, 0.2) is 0 Å². The molecule has 0 aliphatic carbocycles. The van der Waals surface area contributed by atoms with Crippen molar-refractivity contribution in [2.75, 3.05) is 54.6 Å². The minimum atomic E-state index is 0.264. The van der Waals surface area contributed by atoms with E-state index in [9.17, 15) is 10.2 Å². The molecule has 1 saturated heterocycles. The lowest BCUT2D eigenvalue weighted by molar-refractivity contribution is 0.394. The summed E-state index contributed by atoms with van der Waals surface area (Å²) in [6.07, 6.45) is 7.87. The third-order valence-electron chi connectivity index (χ3n) is 6.43. The lowest BCUT2D eigenvalue weighted by Gasteiger charge is -2.11. The van der Waals surface area contributed by atoms with E-state index in [1.165, 1.54) is 0 Å². The maximum Gasteiger partial charge on any atom is 0.123 e. The zero-order valence-electron chi connectivity index (χ0n) is 25.7. The van der Waals surface area contributed by atoms with E-state index in [4.69, 9.17) is 18.9 Å². The molecule has 1 aliphatic rings. The van der Waals surface area contributed by atoms with Crippen LogP contribution < -0.4 is 29.6 Å². The summed E-state index contributed by atoms with van der Waals surface area (Å²) < 4.78 is 20.9. The Morgan fingerprint density at radius 2 is 0.705 bits per heavy atom. The second-order valence-electron chi connectivity index (χ2n) is 9.64. The third kappa shape index (κ3) is 12.1. The van der Waals surface area contributed by atoms with Crippen molar-refractivity contribution in [1.82, 2.24) is 10.6 Å². The number of phenolic OH excluding ortho intramolecular Hbond substituents is 2. The van der Waals surface area contributed by atoms with Crippen LogP contribution in [0.4, 0.5) is 0 Å². The van der Waals surface area contributed by atoms with E-state index in [1.807, 2.05) is 85.0 Å². The van der Waals surface area contributed by atoms with Crippen LogP contribution in [0.25, 0.3) is 24.3 Å². The highest BCUT2D eigenvalue weighted by molar-refractivity contribution is 5.72. The number of phenols is 2. The van der Waals surface area contributed by atoms with E-state index in [0.29, 0.717) is 0 Å². The molecule has 1 fully saturated rings. The predicted octanol–water partition coefficient (Wildman–Crippen LogP) is 6.34. The van der Waals surface area contributed by atoms with Crippen molar-refractivity contribution in [3.63, 3.8) is 0 Å². The first-order valence-corrected chi connectivity index (χ1v) is 14.2. The highest BCUT2D eigenvalue weighted by Gasteiger charge is 2.00. The molecule has 4 aromatic carbocycles. The minimum absolute atomic E-state index is 0.264. The van der Waals surface area contributed by atoms with Gasteiger partial charge in [0.2, 0.25) is 0 Å². The zero-order valence-corrected chi connectivity index (χ0v) is 25.7. The smallest absolute Gasteiger partial charge is 0.123 e. The van der Waals surface area contributed by atoms with Gasteiger partial charge in [0, 0.05) is 38.3 Å². The Morgan fingerprint density at radius 3 is 0.955 bits per heavy atom. The van der Waals surface area contributed by atoms with E-state index >= 15 is 0 Å². The molecular formula is C36H42N2O6. The van der Waals surface area contributed by atoms with Gasteiger partial charge >= 0.3 is 0 Å². The van der Waals surface area contributed by atoms with E-state index < -0.39 is 0 Å². The summed E-state index contributed by atoms with van der Waals surface area (Å²) in [5, 5.41) is 24.9. The van der Waals surface area contributed by atoms with Gasteiger partial charge in [-0.05, 0) is 70.8 Å². The normalized spacial score (nSPS) is 12.5. The number of piperazine rings is 1. The average Bonchev–Trinajstić information content (AvgIpc) is 3.08. The van der Waals surface area contributed by atoms with Gasteiger partial charge in [0.25, 0.3) is 0 Å². The molecular weight excluding hydrogens is 556 g/mol.